The zero-order valence-electron chi connectivity index (χ0n) is 10.3. The van der Waals surface area contributed by atoms with E-state index in [0.29, 0.717) is 0 Å². The lowest BCUT2D eigenvalue weighted by Crippen LogP contribution is -2.29. The van der Waals surface area contributed by atoms with Crippen LogP contribution in [-0.2, 0) is 28.9 Å². The monoisotopic (exact) mass is 361 g/mol. The summed E-state index contributed by atoms with van der Waals surface area (Å²) in [5, 5.41) is 0. The number of hydrogen-bond acceptors (Lipinski definition) is 6. The highest BCUT2D eigenvalue weighted by atomic mass is 35.7. The standard InChI is InChI=1S/C9H12ClNO6S3/c1-18(12,13)6-5-11-20(16,17)9-4-2-3-8(7-9)19(10,14)15/h2-4,7,11H,5-6H2,1H3. The fraction of sp³-hybridized carbons (Fsp3) is 0.333. The van der Waals surface area contributed by atoms with Crippen LogP contribution in [0.25, 0.3) is 0 Å². The van der Waals surface area contributed by atoms with Crippen LogP contribution >= 0.6 is 10.7 Å². The fourth-order valence-electron chi connectivity index (χ4n) is 1.24. The summed E-state index contributed by atoms with van der Waals surface area (Å²) < 4.78 is 69.8. The average Bonchev–Trinajstić information content (AvgIpc) is 2.26. The molecule has 1 aromatic carbocycles. The van der Waals surface area contributed by atoms with Crippen LogP contribution in [0.4, 0.5) is 0 Å². The Morgan fingerprint density at radius 3 is 2.10 bits per heavy atom. The summed E-state index contributed by atoms with van der Waals surface area (Å²) in [6.07, 6.45) is 0.974. The molecular formula is C9H12ClNO6S3. The normalized spacial score (nSPS) is 13.3. The molecule has 114 valence electrons. The van der Waals surface area contributed by atoms with Gasteiger partial charge in [-0.2, -0.15) is 0 Å². The number of nitrogens with one attached hydrogen (secondary N) is 1. The molecule has 7 nitrogen and oxygen atoms in total. The molecule has 0 radical (unpaired) electrons. The van der Waals surface area contributed by atoms with E-state index in [0.717, 1.165) is 18.4 Å². The first kappa shape index (κ1) is 17.4. The van der Waals surface area contributed by atoms with Crippen LogP contribution in [0.15, 0.2) is 34.1 Å². The SMILES string of the molecule is CS(=O)(=O)CCNS(=O)(=O)c1cccc(S(=O)(=O)Cl)c1. The number of halogens is 1. The molecule has 0 aromatic heterocycles. The number of benzene rings is 1. The highest BCUT2D eigenvalue weighted by Gasteiger charge is 2.18. The van der Waals surface area contributed by atoms with Crippen molar-refractivity contribution >= 4 is 39.6 Å². The lowest BCUT2D eigenvalue weighted by molar-refractivity contribution is 0.581. The van der Waals surface area contributed by atoms with Crippen molar-refractivity contribution in [3.05, 3.63) is 24.3 Å². The molecule has 0 aliphatic rings. The second kappa shape index (κ2) is 5.98. The zero-order chi connectivity index (χ0) is 15.6. The fourth-order valence-corrected chi connectivity index (χ4v) is 3.79. The van der Waals surface area contributed by atoms with Crippen LogP contribution in [0.5, 0.6) is 0 Å². The number of rotatable bonds is 6. The zero-order valence-corrected chi connectivity index (χ0v) is 13.5. The molecule has 11 heteroatoms. The van der Waals surface area contributed by atoms with E-state index in [-0.39, 0.29) is 22.1 Å². The minimum absolute atomic E-state index is 0.307. The van der Waals surface area contributed by atoms with Crippen molar-refractivity contribution in [1.29, 1.82) is 0 Å². The summed E-state index contributed by atoms with van der Waals surface area (Å²) in [5.74, 6) is -0.361. The second-order valence-corrected chi connectivity index (χ2v) is 10.5. The van der Waals surface area contributed by atoms with E-state index in [1.807, 2.05) is 0 Å². The van der Waals surface area contributed by atoms with Crippen LogP contribution in [0.2, 0.25) is 0 Å². The predicted molar refractivity (Wildman–Crippen MR) is 74.4 cm³/mol. The van der Waals surface area contributed by atoms with Crippen molar-refractivity contribution in [2.45, 2.75) is 9.79 Å². The van der Waals surface area contributed by atoms with E-state index in [9.17, 15) is 25.3 Å². The third kappa shape index (κ3) is 5.37. The van der Waals surface area contributed by atoms with Crippen LogP contribution in [-0.4, -0.2) is 43.8 Å². The molecule has 1 aromatic rings. The molecule has 1 rings (SSSR count). The van der Waals surface area contributed by atoms with Crippen LogP contribution < -0.4 is 4.72 Å². The maximum atomic E-state index is 11.9. The highest BCUT2D eigenvalue weighted by Crippen LogP contribution is 2.18. The van der Waals surface area contributed by atoms with E-state index < -0.39 is 28.9 Å². The van der Waals surface area contributed by atoms with E-state index in [1.165, 1.54) is 12.1 Å². The van der Waals surface area contributed by atoms with Crippen LogP contribution in [0, 0.1) is 0 Å². The van der Waals surface area contributed by atoms with Crippen molar-refractivity contribution in [3.8, 4) is 0 Å². The van der Waals surface area contributed by atoms with Gasteiger partial charge in [0.15, 0.2) is 0 Å². The number of sulfone groups is 1. The highest BCUT2D eigenvalue weighted by molar-refractivity contribution is 8.13. The third-order valence-corrected chi connectivity index (χ3v) is 5.92. The predicted octanol–water partition coefficient (Wildman–Crippen LogP) is -0.0630. The summed E-state index contributed by atoms with van der Waals surface area (Å²) >= 11 is 0. The first-order chi connectivity index (χ1) is 8.92. The number of hydrogen-bond donors (Lipinski definition) is 1. The third-order valence-electron chi connectivity index (χ3n) is 2.16. The van der Waals surface area contributed by atoms with Gasteiger partial charge in [-0.05, 0) is 18.2 Å². The maximum absolute atomic E-state index is 11.9. The molecule has 0 fully saturated rings. The summed E-state index contributed by atoms with van der Waals surface area (Å²) in [7, 11) is -6.23. The van der Waals surface area contributed by atoms with Gasteiger partial charge >= 0.3 is 0 Å². The molecular weight excluding hydrogens is 350 g/mol. The maximum Gasteiger partial charge on any atom is 0.261 e. The molecule has 0 atom stereocenters. The first-order valence-corrected chi connectivity index (χ1v) is 11.0. The summed E-state index contributed by atoms with van der Waals surface area (Å²) in [6, 6.07) is 4.44. The van der Waals surface area contributed by atoms with Gasteiger partial charge in [-0.3, -0.25) is 0 Å². The summed E-state index contributed by atoms with van der Waals surface area (Å²) in [5.41, 5.74) is 0. The van der Waals surface area contributed by atoms with Gasteiger partial charge in [0.2, 0.25) is 10.0 Å². The van der Waals surface area contributed by atoms with Gasteiger partial charge < -0.3 is 0 Å². The smallest absolute Gasteiger partial charge is 0.229 e. The number of sulfonamides is 1. The second-order valence-electron chi connectivity index (χ2n) is 3.94. The molecule has 0 bridgehead atoms. The lowest BCUT2D eigenvalue weighted by atomic mass is 10.4. The molecule has 0 aliphatic carbocycles. The van der Waals surface area contributed by atoms with Crippen molar-refractivity contribution in [1.82, 2.24) is 4.72 Å². The van der Waals surface area contributed by atoms with Gasteiger partial charge in [0, 0.05) is 23.5 Å². The summed E-state index contributed by atoms with van der Waals surface area (Å²) in [4.78, 5) is -0.669. The minimum Gasteiger partial charge on any atom is -0.229 e. The Hall–Kier alpha value is -0.680. The van der Waals surface area contributed by atoms with Gasteiger partial charge in [0.1, 0.15) is 9.84 Å². The Morgan fingerprint density at radius 1 is 1.05 bits per heavy atom. The van der Waals surface area contributed by atoms with Crippen molar-refractivity contribution in [3.63, 3.8) is 0 Å². The Balaban J connectivity index is 2.99. The molecule has 0 saturated carbocycles. The van der Waals surface area contributed by atoms with Gasteiger partial charge in [0.25, 0.3) is 9.05 Å². The van der Waals surface area contributed by atoms with Crippen LogP contribution in [0.3, 0.4) is 0 Å². The van der Waals surface area contributed by atoms with E-state index in [1.54, 1.807) is 0 Å². The molecule has 20 heavy (non-hydrogen) atoms. The Labute approximate surface area is 122 Å². The van der Waals surface area contributed by atoms with Gasteiger partial charge in [-0.25, -0.2) is 30.0 Å². The molecule has 0 aliphatic heterocycles. The van der Waals surface area contributed by atoms with E-state index >= 15 is 0 Å². The Morgan fingerprint density at radius 2 is 1.60 bits per heavy atom. The van der Waals surface area contributed by atoms with E-state index in [4.69, 9.17) is 10.7 Å². The topological polar surface area (TPSA) is 114 Å². The quantitative estimate of drug-likeness (QED) is 0.710. The Kier molecular flexibility index (Phi) is 5.19. The lowest BCUT2D eigenvalue weighted by Gasteiger charge is -2.07. The van der Waals surface area contributed by atoms with Gasteiger partial charge in [0.05, 0.1) is 15.5 Å². The molecule has 0 amide bonds. The van der Waals surface area contributed by atoms with Crippen molar-refractivity contribution in [2.24, 2.45) is 0 Å². The first-order valence-electron chi connectivity index (χ1n) is 5.14. The molecule has 0 heterocycles. The van der Waals surface area contributed by atoms with Gasteiger partial charge in [-0.1, -0.05) is 6.07 Å². The molecule has 0 spiro atoms. The molecule has 0 saturated heterocycles. The van der Waals surface area contributed by atoms with Gasteiger partial charge in [-0.15, -0.1) is 0 Å². The molecule has 1 N–H and O–H groups in total. The summed E-state index contributed by atoms with van der Waals surface area (Å²) in [6.45, 7) is -0.307. The van der Waals surface area contributed by atoms with Crippen LogP contribution in [0.1, 0.15) is 0 Å². The molecule has 0 unspecified atom stereocenters. The average molecular weight is 362 g/mol. The van der Waals surface area contributed by atoms with E-state index in [2.05, 4.69) is 4.72 Å². The van der Waals surface area contributed by atoms with Crippen molar-refractivity contribution in [2.75, 3.05) is 18.6 Å². The van der Waals surface area contributed by atoms with Crippen molar-refractivity contribution < 1.29 is 25.3 Å². The minimum atomic E-state index is -4.05. The Bertz CT molecular complexity index is 798. The largest absolute Gasteiger partial charge is 0.261 e.